The third-order valence-electron chi connectivity index (χ3n) is 4.53. The van der Waals surface area contributed by atoms with Gasteiger partial charge in [0.05, 0.1) is 22.9 Å². The molecule has 0 atom stereocenters. The highest BCUT2D eigenvalue weighted by Gasteiger charge is 2.22. The van der Waals surface area contributed by atoms with Gasteiger partial charge in [-0.25, -0.2) is 0 Å². The van der Waals surface area contributed by atoms with Gasteiger partial charge < -0.3 is 10.1 Å². The second-order valence-corrected chi connectivity index (χ2v) is 8.42. The van der Waals surface area contributed by atoms with Crippen LogP contribution in [0.3, 0.4) is 0 Å². The molecule has 27 heavy (non-hydrogen) atoms. The third kappa shape index (κ3) is 5.53. The number of benzene rings is 2. The van der Waals surface area contributed by atoms with E-state index in [2.05, 4.69) is 60.6 Å². The first-order chi connectivity index (χ1) is 12.9. The van der Waals surface area contributed by atoms with Crippen molar-refractivity contribution in [3.8, 4) is 11.1 Å². The third-order valence-corrected chi connectivity index (χ3v) is 4.91. The van der Waals surface area contributed by atoms with Gasteiger partial charge in [-0.05, 0) is 56.7 Å². The Morgan fingerprint density at radius 3 is 2.41 bits per heavy atom. The van der Waals surface area contributed by atoms with E-state index in [1.807, 2.05) is 12.1 Å². The SMILES string of the molecule is CN=Nc1c(NCC2CC2)ccc(-c2ccc(COC(C)(C)C)cc2)c1Cl. The summed E-state index contributed by atoms with van der Waals surface area (Å²) in [6.07, 6.45) is 2.60. The molecular formula is C22H28ClN3O. The van der Waals surface area contributed by atoms with E-state index in [1.54, 1.807) is 7.05 Å². The van der Waals surface area contributed by atoms with Crippen LogP contribution in [-0.4, -0.2) is 19.2 Å². The van der Waals surface area contributed by atoms with Crippen molar-refractivity contribution in [3.63, 3.8) is 0 Å². The van der Waals surface area contributed by atoms with Crippen molar-refractivity contribution in [2.45, 2.75) is 45.8 Å². The van der Waals surface area contributed by atoms with Crippen molar-refractivity contribution in [1.29, 1.82) is 0 Å². The Labute approximate surface area is 167 Å². The first kappa shape index (κ1) is 19.8. The van der Waals surface area contributed by atoms with Crippen LogP contribution in [0.5, 0.6) is 0 Å². The van der Waals surface area contributed by atoms with Crippen molar-refractivity contribution >= 4 is 23.0 Å². The van der Waals surface area contributed by atoms with E-state index in [-0.39, 0.29) is 5.60 Å². The van der Waals surface area contributed by atoms with Gasteiger partial charge >= 0.3 is 0 Å². The van der Waals surface area contributed by atoms with Crippen molar-refractivity contribution in [2.75, 3.05) is 18.9 Å². The molecule has 0 saturated heterocycles. The molecule has 0 amide bonds. The Morgan fingerprint density at radius 2 is 1.81 bits per heavy atom. The van der Waals surface area contributed by atoms with Crippen LogP contribution < -0.4 is 5.32 Å². The Morgan fingerprint density at radius 1 is 1.11 bits per heavy atom. The highest BCUT2D eigenvalue weighted by molar-refractivity contribution is 6.36. The minimum atomic E-state index is -0.147. The molecule has 0 heterocycles. The molecule has 1 aliphatic rings. The lowest BCUT2D eigenvalue weighted by Gasteiger charge is -2.19. The lowest BCUT2D eigenvalue weighted by molar-refractivity contribution is -0.0149. The van der Waals surface area contributed by atoms with Gasteiger partial charge in [0.15, 0.2) is 0 Å². The molecule has 0 aliphatic heterocycles. The summed E-state index contributed by atoms with van der Waals surface area (Å²) in [5, 5.41) is 12.3. The molecule has 0 bridgehead atoms. The maximum Gasteiger partial charge on any atom is 0.128 e. The molecule has 1 aliphatic carbocycles. The first-order valence-electron chi connectivity index (χ1n) is 9.47. The summed E-state index contributed by atoms with van der Waals surface area (Å²) in [7, 11) is 1.66. The van der Waals surface area contributed by atoms with E-state index in [4.69, 9.17) is 16.3 Å². The fourth-order valence-electron chi connectivity index (χ4n) is 2.78. The van der Waals surface area contributed by atoms with E-state index in [9.17, 15) is 0 Å². The summed E-state index contributed by atoms with van der Waals surface area (Å²) in [5.74, 6) is 0.776. The molecule has 3 rings (SSSR count). The van der Waals surface area contributed by atoms with Crippen LogP contribution in [-0.2, 0) is 11.3 Å². The standard InChI is InChI=1S/C22H28ClN3O/c1-22(2,3)27-14-16-7-9-17(10-8-16)18-11-12-19(25-13-15-5-6-15)21(20(18)23)26-24-4/h7-12,15,25H,5-6,13-14H2,1-4H3. The quantitative estimate of drug-likeness (QED) is 0.529. The topological polar surface area (TPSA) is 46.0 Å². The summed E-state index contributed by atoms with van der Waals surface area (Å²) in [6.45, 7) is 7.73. The number of halogens is 1. The number of ether oxygens (including phenoxy) is 1. The highest BCUT2D eigenvalue weighted by atomic mass is 35.5. The lowest BCUT2D eigenvalue weighted by Crippen LogP contribution is -2.18. The number of anilines is 1. The summed E-state index contributed by atoms with van der Waals surface area (Å²) in [4.78, 5) is 0. The van der Waals surface area contributed by atoms with E-state index in [1.165, 1.54) is 12.8 Å². The number of nitrogens with one attached hydrogen (secondary N) is 1. The summed E-state index contributed by atoms with van der Waals surface area (Å²) >= 11 is 6.70. The smallest absolute Gasteiger partial charge is 0.128 e. The normalized spacial score (nSPS) is 14.7. The molecule has 5 heteroatoms. The number of hydrogen-bond donors (Lipinski definition) is 1. The molecule has 1 fully saturated rings. The van der Waals surface area contributed by atoms with Crippen LogP contribution in [0.1, 0.15) is 39.2 Å². The van der Waals surface area contributed by atoms with E-state index >= 15 is 0 Å². The molecule has 1 N–H and O–H groups in total. The van der Waals surface area contributed by atoms with Crippen LogP contribution in [0.15, 0.2) is 46.6 Å². The average molecular weight is 386 g/mol. The van der Waals surface area contributed by atoms with Crippen LogP contribution >= 0.6 is 11.6 Å². The minimum absolute atomic E-state index is 0.147. The zero-order valence-electron chi connectivity index (χ0n) is 16.6. The Kier molecular flexibility index (Phi) is 6.18. The van der Waals surface area contributed by atoms with E-state index < -0.39 is 0 Å². The molecule has 0 spiro atoms. The summed E-state index contributed by atoms with van der Waals surface area (Å²) in [5.41, 5.74) is 4.65. The Bertz CT molecular complexity index is 806. The number of nitrogens with zero attached hydrogens (tertiary/aromatic N) is 2. The monoisotopic (exact) mass is 385 g/mol. The van der Waals surface area contributed by atoms with Gasteiger partial charge in [0, 0.05) is 19.2 Å². The maximum absolute atomic E-state index is 6.70. The van der Waals surface area contributed by atoms with Gasteiger partial charge in [0.2, 0.25) is 0 Å². The van der Waals surface area contributed by atoms with Gasteiger partial charge in [-0.1, -0.05) is 41.9 Å². The van der Waals surface area contributed by atoms with Gasteiger partial charge in [-0.3, -0.25) is 0 Å². The van der Waals surface area contributed by atoms with Crippen LogP contribution in [0, 0.1) is 5.92 Å². The molecule has 4 nitrogen and oxygen atoms in total. The summed E-state index contributed by atoms with van der Waals surface area (Å²) < 4.78 is 5.84. The summed E-state index contributed by atoms with van der Waals surface area (Å²) in [6, 6.07) is 12.4. The van der Waals surface area contributed by atoms with Crippen LogP contribution in [0.2, 0.25) is 5.02 Å². The number of hydrogen-bond acceptors (Lipinski definition) is 4. The zero-order chi connectivity index (χ0) is 19.4. The molecule has 0 unspecified atom stereocenters. The van der Waals surface area contributed by atoms with E-state index in [0.717, 1.165) is 34.8 Å². The molecule has 0 radical (unpaired) electrons. The predicted molar refractivity (Wildman–Crippen MR) is 113 cm³/mol. The predicted octanol–water partition coefficient (Wildman–Crippen LogP) is 6.86. The molecule has 2 aromatic rings. The van der Waals surface area contributed by atoms with Gasteiger partial charge in [0.1, 0.15) is 5.69 Å². The first-order valence-corrected chi connectivity index (χ1v) is 9.84. The van der Waals surface area contributed by atoms with Gasteiger partial charge in [0.25, 0.3) is 0 Å². The minimum Gasteiger partial charge on any atom is -0.383 e. The second kappa shape index (κ2) is 8.41. The molecule has 2 aromatic carbocycles. The largest absolute Gasteiger partial charge is 0.383 e. The van der Waals surface area contributed by atoms with Crippen molar-refractivity contribution in [1.82, 2.24) is 0 Å². The zero-order valence-corrected chi connectivity index (χ0v) is 17.3. The highest BCUT2D eigenvalue weighted by Crippen LogP contribution is 2.41. The number of rotatable bonds is 7. The van der Waals surface area contributed by atoms with Crippen LogP contribution in [0.4, 0.5) is 11.4 Å². The van der Waals surface area contributed by atoms with Crippen molar-refractivity contribution < 1.29 is 4.74 Å². The van der Waals surface area contributed by atoms with Crippen molar-refractivity contribution in [3.05, 3.63) is 47.0 Å². The van der Waals surface area contributed by atoms with Crippen molar-refractivity contribution in [2.24, 2.45) is 16.1 Å². The molecular weight excluding hydrogens is 358 g/mol. The van der Waals surface area contributed by atoms with Crippen LogP contribution in [0.25, 0.3) is 11.1 Å². The maximum atomic E-state index is 6.70. The second-order valence-electron chi connectivity index (χ2n) is 8.05. The number of azo groups is 1. The fraction of sp³-hybridized carbons (Fsp3) is 0.455. The molecule has 144 valence electrons. The van der Waals surface area contributed by atoms with Gasteiger partial charge in [-0.2, -0.15) is 10.2 Å². The molecule has 1 saturated carbocycles. The Hall–Kier alpha value is -1.91. The molecule has 0 aromatic heterocycles. The van der Waals surface area contributed by atoms with E-state index in [0.29, 0.717) is 17.3 Å². The Balaban J connectivity index is 1.81. The fourth-order valence-corrected chi connectivity index (χ4v) is 3.10. The van der Waals surface area contributed by atoms with Gasteiger partial charge in [-0.15, -0.1) is 0 Å². The average Bonchev–Trinajstić information content (AvgIpc) is 3.45. The lowest BCUT2D eigenvalue weighted by atomic mass is 10.0.